The summed E-state index contributed by atoms with van der Waals surface area (Å²) in [7, 11) is 0. The van der Waals surface area contributed by atoms with E-state index in [0.717, 1.165) is 10.2 Å². The molecule has 0 aliphatic rings. The lowest BCUT2D eigenvalue weighted by atomic mass is 10.5. The fraction of sp³-hybridized carbons (Fsp3) is 0. The number of fused-ring (bicyclic) bond motifs is 2. The minimum Gasteiger partial charge on any atom is -0.306 e. The number of rotatable bonds is 0. The van der Waals surface area contributed by atoms with Crippen molar-refractivity contribution in [2.45, 2.75) is 0 Å². The van der Waals surface area contributed by atoms with Gasteiger partial charge in [-0.15, -0.1) is 22.7 Å². The van der Waals surface area contributed by atoms with Crippen LogP contribution in [0.1, 0.15) is 0 Å². The minimum atomic E-state index is -3.22. The summed E-state index contributed by atoms with van der Waals surface area (Å²) < 4.78 is 11.0. The molecule has 0 bridgehead atoms. The zero-order valence-electron chi connectivity index (χ0n) is 12.6. The van der Waals surface area contributed by atoms with E-state index >= 15 is 0 Å². The molecular formula is C12H6Cl5N4O3PS2. The molecule has 0 spiro atoms. The summed E-state index contributed by atoms with van der Waals surface area (Å²) in [6, 6.07) is 3.57. The maximum atomic E-state index is 11.0. The number of nitrogens with one attached hydrogen (secondary N) is 2. The van der Waals surface area contributed by atoms with Gasteiger partial charge in [-0.3, -0.25) is 14.3 Å². The van der Waals surface area contributed by atoms with Crippen LogP contribution in [0.5, 0.6) is 0 Å². The Balaban J connectivity index is 0.000000157. The van der Waals surface area contributed by atoms with Gasteiger partial charge in [-0.05, 0) is 68.2 Å². The molecule has 0 saturated carbocycles. The topological polar surface area (TPSA) is 109 Å². The number of hydrogen-bond donors (Lipinski definition) is 2. The zero-order chi connectivity index (χ0) is 20.2. The molecular weight excluding hydrogens is 521 g/mol. The number of hydrogen-bond acceptors (Lipinski definition) is 7. The number of aromatic amines is 2. The van der Waals surface area contributed by atoms with Crippen LogP contribution < -0.4 is 11.2 Å². The highest BCUT2D eigenvalue weighted by Crippen LogP contribution is 2.61. The summed E-state index contributed by atoms with van der Waals surface area (Å²) in [5.74, 6) is 0. The molecule has 15 heteroatoms. The quantitative estimate of drug-likeness (QED) is 0.164. The Labute approximate surface area is 183 Å². The van der Waals surface area contributed by atoms with Gasteiger partial charge in [0.1, 0.15) is 4.70 Å². The molecule has 2 N–H and O–H groups in total. The normalized spacial score (nSPS) is 10.9. The molecule has 4 aromatic rings. The van der Waals surface area contributed by atoms with Crippen LogP contribution in [0.2, 0.25) is 10.4 Å². The van der Waals surface area contributed by atoms with Gasteiger partial charge in [-0.1, -0.05) is 11.6 Å². The lowest BCUT2D eigenvalue weighted by Gasteiger charge is -1.91. The lowest BCUT2D eigenvalue weighted by molar-refractivity contribution is 0.600. The highest BCUT2D eigenvalue weighted by Gasteiger charge is 2.04. The summed E-state index contributed by atoms with van der Waals surface area (Å²) in [5.41, 5.74) is 0.628. The lowest BCUT2D eigenvalue weighted by Crippen LogP contribution is -2.20. The van der Waals surface area contributed by atoms with Crippen molar-refractivity contribution >= 4 is 105 Å². The van der Waals surface area contributed by atoms with E-state index in [1.807, 2.05) is 11.4 Å². The molecule has 0 unspecified atom stereocenters. The Bertz CT molecular complexity index is 1220. The van der Waals surface area contributed by atoms with Gasteiger partial charge in [0.15, 0.2) is 5.15 Å². The molecule has 0 saturated heterocycles. The Kier molecular flexibility index (Phi) is 8.15. The third-order valence-electron chi connectivity index (χ3n) is 2.58. The first-order valence-corrected chi connectivity index (χ1v) is 13.4. The average Bonchev–Trinajstić information content (AvgIpc) is 3.14. The minimum absolute atomic E-state index is 0.195. The third-order valence-corrected chi connectivity index (χ3v) is 4.96. The molecule has 0 amide bonds. The van der Waals surface area contributed by atoms with Crippen molar-refractivity contribution in [1.29, 1.82) is 0 Å². The monoisotopic (exact) mass is 524 g/mol. The van der Waals surface area contributed by atoms with Gasteiger partial charge in [0.05, 0.1) is 15.7 Å². The first-order valence-electron chi connectivity index (χ1n) is 6.49. The fourth-order valence-corrected chi connectivity index (χ4v) is 3.68. The molecule has 27 heavy (non-hydrogen) atoms. The van der Waals surface area contributed by atoms with Crippen LogP contribution in [-0.4, -0.2) is 19.9 Å². The largest absolute Gasteiger partial charge is 0.339 e. The Morgan fingerprint density at radius 3 is 2.19 bits per heavy atom. The van der Waals surface area contributed by atoms with E-state index in [1.54, 1.807) is 11.4 Å². The van der Waals surface area contributed by atoms with Crippen molar-refractivity contribution in [1.82, 2.24) is 19.9 Å². The fourth-order valence-electron chi connectivity index (χ4n) is 1.70. The maximum Gasteiger partial charge on any atom is 0.339 e. The van der Waals surface area contributed by atoms with Crippen LogP contribution in [0.15, 0.2) is 32.5 Å². The van der Waals surface area contributed by atoms with Crippen LogP contribution in [-0.2, 0) is 4.57 Å². The first-order chi connectivity index (χ1) is 12.5. The summed E-state index contributed by atoms with van der Waals surface area (Å²) in [6.07, 6.45) is 0. The smallest absolute Gasteiger partial charge is 0.306 e. The van der Waals surface area contributed by atoms with Crippen molar-refractivity contribution in [3.8, 4) is 0 Å². The molecule has 0 atom stereocenters. The molecule has 0 fully saturated rings. The van der Waals surface area contributed by atoms with Crippen LogP contribution in [0.3, 0.4) is 0 Å². The number of halogens is 5. The maximum absolute atomic E-state index is 11.0. The highest BCUT2D eigenvalue weighted by molar-refractivity contribution is 8.24. The van der Waals surface area contributed by atoms with Crippen LogP contribution in [0.25, 0.3) is 20.4 Å². The second-order valence-corrected chi connectivity index (χ2v) is 13.6. The standard InChI is InChI=1S/C6H2Cl2N2S.C6H4N2O2S.Cl3OP/c7-5-4-3(1-2-11-4)9-6(8)10-5;9-5-4-3(1-2-11-4)7-6(10)8-5;1-5(2,3)4/h1-2H;1-2H,(H2,7,8,9,10);. The molecule has 0 aliphatic heterocycles. The van der Waals surface area contributed by atoms with Crippen LogP contribution >= 0.6 is 84.8 Å². The molecule has 4 rings (SSSR count). The Morgan fingerprint density at radius 2 is 1.52 bits per heavy atom. The number of nitrogens with zero attached hydrogens (tertiary/aromatic N) is 2. The van der Waals surface area contributed by atoms with E-state index in [9.17, 15) is 14.2 Å². The second-order valence-electron chi connectivity index (χ2n) is 4.39. The predicted octanol–water partition coefficient (Wildman–Crippen LogP) is 6.09. The Hall–Kier alpha value is -0.640. The molecule has 144 valence electrons. The molecule has 7 nitrogen and oxygen atoms in total. The van der Waals surface area contributed by atoms with Crippen molar-refractivity contribution in [2.75, 3.05) is 0 Å². The van der Waals surface area contributed by atoms with Gasteiger partial charge in [0, 0.05) is 0 Å². The second kappa shape index (κ2) is 9.71. The van der Waals surface area contributed by atoms with Gasteiger partial charge in [-0.2, -0.15) is 0 Å². The molecule has 0 radical (unpaired) electrons. The number of aromatic nitrogens is 4. The van der Waals surface area contributed by atoms with Gasteiger partial charge in [0.2, 0.25) is 5.28 Å². The van der Waals surface area contributed by atoms with E-state index < -0.39 is 10.9 Å². The zero-order valence-corrected chi connectivity index (χ0v) is 18.9. The number of thiophene rings is 2. The molecule has 4 heterocycles. The summed E-state index contributed by atoms with van der Waals surface area (Å²) in [5, 5.41) is 1.06. The Morgan fingerprint density at radius 1 is 0.926 bits per heavy atom. The van der Waals surface area contributed by atoms with Crippen molar-refractivity contribution in [3.05, 3.63) is 54.2 Å². The van der Waals surface area contributed by atoms with E-state index in [2.05, 4.69) is 53.7 Å². The molecule has 0 aromatic carbocycles. The molecule has 4 aromatic heterocycles. The first kappa shape index (κ1) is 22.6. The van der Waals surface area contributed by atoms with E-state index in [0.29, 0.717) is 15.4 Å². The SMILES string of the molecule is Clc1nc(Cl)c2sccc2n1.O=P(Cl)(Cl)Cl.O=c1[nH]c(=O)c2sccc2[nH]1. The van der Waals surface area contributed by atoms with Crippen molar-refractivity contribution in [2.24, 2.45) is 0 Å². The number of H-pyrrole nitrogens is 2. The van der Waals surface area contributed by atoms with Gasteiger partial charge >= 0.3 is 10.9 Å². The van der Waals surface area contributed by atoms with E-state index in [4.69, 9.17) is 23.2 Å². The van der Waals surface area contributed by atoms with Crippen LogP contribution in [0.4, 0.5) is 0 Å². The van der Waals surface area contributed by atoms with Gasteiger partial charge in [0.25, 0.3) is 5.56 Å². The summed E-state index contributed by atoms with van der Waals surface area (Å²) >= 11 is 28.0. The molecule has 0 aliphatic carbocycles. The van der Waals surface area contributed by atoms with E-state index in [1.165, 1.54) is 22.7 Å². The third kappa shape index (κ3) is 7.36. The average molecular weight is 527 g/mol. The highest BCUT2D eigenvalue weighted by atomic mass is 36.0. The van der Waals surface area contributed by atoms with E-state index in [-0.39, 0.29) is 10.8 Å². The summed E-state index contributed by atoms with van der Waals surface area (Å²) in [4.78, 5) is 34.1. The van der Waals surface area contributed by atoms with Gasteiger partial charge < -0.3 is 4.98 Å². The summed E-state index contributed by atoms with van der Waals surface area (Å²) in [6.45, 7) is 0. The van der Waals surface area contributed by atoms with Crippen LogP contribution in [0, 0.1) is 0 Å². The predicted molar refractivity (Wildman–Crippen MR) is 116 cm³/mol. The van der Waals surface area contributed by atoms with Crippen molar-refractivity contribution in [3.63, 3.8) is 0 Å². The van der Waals surface area contributed by atoms with Crippen molar-refractivity contribution < 1.29 is 4.57 Å². The van der Waals surface area contributed by atoms with Gasteiger partial charge in [-0.25, -0.2) is 14.8 Å².